The number of carbonyl (C=O) groups excluding carboxylic acids is 1. The SMILES string of the molecule is C[C@@H](NC(=O)c1ccc2c(c1)CCN2)c1ccccc1F. The second kappa shape index (κ2) is 5.56. The molecule has 0 spiro atoms. The molecule has 108 valence electrons. The smallest absolute Gasteiger partial charge is 0.251 e. The first-order valence-corrected chi connectivity index (χ1v) is 7.07. The molecule has 0 fully saturated rings. The fourth-order valence-corrected chi connectivity index (χ4v) is 2.63. The number of nitrogens with one attached hydrogen (secondary N) is 2. The van der Waals surface area contributed by atoms with Gasteiger partial charge in [-0.15, -0.1) is 0 Å². The van der Waals surface area contributed by atoms with E-state index < -0.39 is 0 Å². The topological polar surface area (TPSA) is 41.1 Å². The normalized spacial score (nSPS) is 14.2. The molecule has 0 bridgehead atoms. The summed E-state index contributed by atoms with van der Waals surface area (Å²) >= 11 is 0. The molecule has 2 N–H and O–H groups in total. The molecule has 0 saturated carbocycles. The van der Waals surface area contributed by atoms with Crippen molar-refractivity contribution >= 4 is 11.6 Å². The summed E-state index contributed by atoms with van der Waals surface area (Å²) in [5, 5.41) is 6.10. The summed E-state index contributed by atoms with van der Waals surface area (Å²) in [5.41, 5.74) is 3.35. The van der Waals surface area contributed by atoms with Crippen molar-refractivity contribution in [3.8, 4) is 0 Å². The van der Waals surface area contributed by atoms with Crippen LogP contribution in [-0.2, 0) is 6.42 Å². The lowest BCUT2D eigenvalue weighted by molar-refractivity contribution is 0.0939. The van der Waals surface area contributed by atoms with Gasteiger partial charge in [-0.1, -0.05) is 18.2 Å². The summed E-state index contributed by atoms with van der Waals surface area (Å²) in [6, 6.07) is 11.7. The van der Waals surface area contributed by atoms with E-state index >= 15 is 0 Å². The third-order valence-electron chi connectivity index (χ3n) is 3.80. The van der Waals surface area contributed by atoms with Gasteiger partial charge in [0.15, 0.2) is 0 Å². The first-order valence-electron chi connectivity index (χ1n) is 7.07. The average molecular weight is 284 g/mol. The highest BCUT2D eigenvalue weighted by Gasteiger charge is 2.16. The van der Waals surface area contributed by atoms with Gasteiger partial charge in [0, 0.05) is 23.4 Å². The molecule has 0 radical (unpaired) electrons. The molecule has 3 nitrogen and oxygen atoms in total. The van der Waals surface area contributed by atoms with E-state index in [1.807, 2.05) is 12.1 Å². The largest absolute Gasteiger partial charge is 0.384 e. The number of anilines is 1. The zero-order chi connectivity index (χ0) is 14.8. The lowest BCUT2D eigenvalue weighted by atomic mass is 10.1. The van der Waals surface area contributed by atoms with E-state index in [0.29, 0.717) is 11.1 Å². The molecule has 1 atom stereocenters. The van der Waals surface area contributed by atoms with Gasteiger partial charge >= 0.3 is 0 Å². The van der Waals surface area contributed by atoms with E-state index in [1.54, 1.807) is 31.2 Å². The van der Waals surface area contributed by atoms with Crippen LogP contribution in [0.25, 0.3) is 0 Å². The number of hydrogen-bond acceptors (Lipinski definition) is 2. The van der Waals surface area contributed by atoms with Crippen LogP contribution in [0.2, 0.25) is 0 Å². The first-order chi connectivity index (χ1) is 10.1. The summed E-state index contributed by atoms with van der Waals surface area (Å²) in [4.78, 5) is 12.3. The highest BCUT2D eigenvalue weighted by molar-refractivity contribution is 5.95. The van der Waals surface area contributed by atoms with Crippen LogP contribution < -0.4 is 10.6 Å². The molecular weight excluding hydrogens is 267 g/mol. The third kappa shape index (κ3) is 2.75. The number of carbonyl (C=O) groups is 1. The second-order valence-corrected chi connectivity index (χ2v) is 5.27. The van der Waals surface area contributed by atoms with Gasteiger partial charge in [0.05, 0.1) is 6.04 Å². The molecule has 1 amide bonds. The minimum Gasteiger partial charge on any atom is -0.384 e. The van der Waals surface area contributed by atoms with E-state index in [1.165, 1.54) is 6.07 Å². The van der Waals surface area contributed by atoms with Crippen LogP contribution in [0.3, 0.4) is 0 Å². The maximum absolute atomic E-state index is 13.7. The van der Waals surface area contributed by atoms with E-state index in [4.69, 9.17) is 0 Å². The fraction of sp³-hybridized carbons (Fsp3) is 0.235. The molecule has 3 rings (SSSR count). The molecule has 0 saturated heterocycles. The number of halogens is 1. The summed E-state index contributed by atoms with van der Waals surface area (Å²) in [6.45, 7) is 2.69. The minimum absolute atomic E-state index is 0.180. The molecule has 21 heavy (non-hydrogen) atoms. The number of rotatable bonds is 3. The Morgan fingerprint density at radius 3 is 2.90 bits per heavy atom. The van der Waals surface area contributed by atoms with Gasteiger partial charge in [-0.25, -0.2) is 4.39 Å². The Kier molecular flexibility index (Phi) is 3.60. The molecule has 0 unspecified atom stereocenters. The van der Waals surface area contributed by atoms with Crippen molar-refractivity contribution in [2.24, 2.45) is 0 Å². The van der Waals surface area contributed by atoms with Crippen molar-refractivity contribution in [3.05, 3.63) is 65.0 Å². The van der Waals surface area contributed by atoms with Crippen LogP contribution in [0.1, 0.15) is 34.5 Å². The Labute approximate surface area is 123 Å². The van der Waals surface area contributed by atoms with Crippen LogP contribution in [-0.4, -0.2) is 12.5 Å². The molecule has 1 aliphatic rings. The summed E-state index contributed by atoms with van der Waals surface area (Å²) in [6.07, 6.45) is 0.930. The summed E-state index contributed by atoms with van der Waals surface area (Å²) < 4.78 is 13.7. The standard InChI is InChI=1S/C17H17FN2O/c1-11(14-4-2-3-5-15(14)18)20-17(21)13-6-7-16-12(10-13)8-9-19-16/h2-7,10-11,19H,8-9H2,1H3,(H,20,21)/t11-/m1/s1. The third-order valence-corrected chi connectivity index (χ3v) is 3.80. The monoisotopic (exact) mass is 284 g/mol. The van der Waals surface area contributed by atoms with Crippen molar-refractivity contribution in [2.45, 2.75) is 19.4 Å². The van der Waals surface area contributed by atoms with Gasteiger partial charge < -0.3 is 10.6 Å². The molecule has 0 aromatic heterocycles. The number of benzene rings is 2. The molecule has 2 aromatic rings. The zero-order valence-electron chi connectivity index (χ0n) is 11.8. The lowest BCUT2D eigenvalue weighted by Crippen LogP contribution is -2.27. The van der Waals surface area contributed by atoms with Gasteiger partial charge in [-0.05, 0) is 43.2 Å². The summed E-state index contributed by atoms with van der Waals surface area (Å²) in [7, 11) is 0. The fourth-order valence-electron chi connectivity index (χ4n) is 2.63. The van der Waals surface area contributed by atoms with Gasteiger partial charge in [0.1, 0.15) is 5.82 Å². The van der Waals surface area contributed by atoms with Crippen molar-refractivity contribution in [2.75, 3.05) is 11.9 Å². The zero-order valence-corrected chi connectivity index (χ0v) is 11.8. The highest BCUT2D eigenvalue weighted by Crippen LogP contribution is 2.23. The van der Waals surface area contributed by atoms with Gasteiger partial charge in [-0.3, -0.25) is 4.79 Å². The number of hydrogen-bond donors (Lipinski definition) is 2. The van der Waals surface area contributed by atoms with Crippen LogP contribution in [0.15, 0.2) is 42.5 Å². The Bertz CT molecular complexity index is 684. The van der Waals surface area contributed by atoms with E-state index in [-0.39, 0.29) is 17.8 Å². The molecule has 1 heterocycles. The van der Waals surface area contributed by atoms with Crippen LogP contribution in [0, 0.1) is 5.82 Å². The van der Waals surface area contributed by atoms with E-state index in [0.717, 1.165) is 24.2 Å². The molecule has 0 aliphatic carbocycles. The summed E-state index contributed by atoms with van der Waals surface area (Å²) in [5.74, 6) is -0.482. The minimum atomic E-state index is -0.370. The van der Waals surface area contributed by atoms with Crippen molar-refractivity contribution < 1.29 is 9.18 Å². The number of fused-ring (bicyclic) bond motifs is 1. The quantitative estimate of drug-likeness (QED) is 0.908. The highest BCUT2D eigenvalue weighted by atomic mass is 19.1. The lowest BCUT2D eigenvalue weighted by Gasteiger charge is -2.15. The molecule has 4 heteroatoms. The van der Waals surface area contributed by atoms with E-state index in [9.17, 15) is 9.18 Å². The molecular formula is C17H17FN2O. The van der Waals surface area contributed by atoms with Gasteiger partial charge in [-0.2, -0.15) is 0 Å². The number of amides is 1. The Morgan fingerprint density at radius 1 is 1.29 bits per heavy atom. The molecule has 1 aliphatic heterocycles. The van der Waals surface area contributed by atoms with Crippen molar-refractivity contribution in [1.82, 2.24) is 5.32 Å². The maximum atomic E-state index is 13.7. The Morgan fingerprint density at radius 2 is 2.10 bits per heavy atom. The van der Waals surface area contributed by atoms with Gasteiger partial charge in [0.2, 0.25) is 0 Å². The van der Waals surface area contributed by atoms with Crippen LogP contribution in [0.5, 0.6) is 0 Å². The average Bonchev–Trinajstić information content (AvgIpc) is 2.94. The van der Waals surface area contributed by atoms with Crippen molar-refractivity contribution in [1.29, 1.82) is 0 Å². The predicted molar refractivity (Wildman–Crippen MR) is 80.9 cm³/mol. The van der Waals surface area contributed by atoms with Crippen LogP contribution in [0.4, 0.5) is 10.1 Å². The van der Waals surface area contributed by atoms with E-state index in [2.05, 4.69) is 10.6 Å². The van der Waals surface area contributed by atoms with Crippen molar-refractivity contribution in [3.63, 3.8) is 0 Å². The predicted octanol–water partition coefficient (Wildman–Crippen LogP) is 3.28. The second-order valence-electron chi connectivity index (χ2n) is 5.27. The first kappa shape index (κ1) is 13.6. The maximum Gasteiger partial charge on any atom is 0.251 e. The van der Waals surface area contributed by atoms with Crippen LogP contribution >= 0.6 is 0 Å². The Balaban J connectivity index is 1.76. The molecule has 2 aromatic carbocycles. The van der Waals surface area contributed by atoms with Gasteiger partial charge in [0.25, 0.3) is 5.91 Å². The Hall–Kier alpha value is -2.36.